The van der Waals surface area contributed by atoms with E-state index >= 15 is 0 Å². The highest BCUT2D eigenvalue weighted by Gasteiger charge is 2.25. The van der Waals surface area contributed by atoms with Gasteiger partial charge in [-0.15, -0.1) is 22.6 Å². The SMILES string of the molecule is Cl.N[C@@H]1CCC[C@H]1CC(=O)NCc1nnc(-c2ccccc2)s1. The van der Waals surface area contributed by atoms with Crippen molar-refractivity contribution >= 4 is 29.7 Å². The van der Waals surface area contributed by atoms with Crippen molar-refractivity contribution in [3.05, 3.63) is 35.3 Å². The maximum absolute atomic E-state index is 12.0. The molecule has 0 radical (unpaired) electrons. The Morgan fingerprint density at radius 2 is 2.04 bits per heavy atom. The van der Waals surface area contributed by atoms with Gasteiger partial charge in [0.2, 0.25) is 5.91 Å². The zero-order chi connectivity index (χ0) is 15.4. The van der Waals surface area contributed by atoms with Crippen molar-refractivity contribution in [2.24, 2.45) is 11.7 Å². The molecule has 3 N–H and O–H groups in total. The number of benzene rings is 1. The van der Waals surface area contributed by atoms with Crippen LogP contribution < -0.4 is 11.1 Å². The van der Waals surface area contributed by atoms with E-state index in [0.29, 0.717) is 18.9 Å². The standard InChI is InChI=1S/C16H20N4OS.ClH/c17-13-8-4-7-12(13)9-14(21)18-10-15-19-20-16(22-15)11-5-2-1-3-6-11;/h1-3,5-6,12-13H,4,7-10,17H2,(H,18,21);1H/t12-,13+;/m0./s1. The first-order chi connectivity index (χ1) is 10.7. The fraction of sp³-hybridized carbons (Fsp3) is 0.438. The number of aromatic nitrogens is 2. The zero-order valence-electron chi connectivity index (χ0n) is 12.8. The van der Waals surface area contributed by atoms with Crippen LogP contribution in [0.3, 0.4) is 0 Å². The first-order valence-electron chi connectivity index (χ1n) is 7.62. The molecule has 0 spiro atoms. The minimum atomic E-state index is 0. The lowest BCUT2D eigenvalue weighted by atomic mass is 10.00. The Morgan fingerprint density at radius 3 is 2.74 bits per heavy atom. The summed E-state index contributed by atoms with van der Waals surface area (Å²) in [6.07, 6.45) is 3.75. The van der Waals surface area contributed by atoms with Crippen molar-refractivity contribution in [3.63, 3.8) is 0 Å². The smallest absolute Gasteiger partial charge is 0.220 e. The van der Waals surface area contributed by atoms with Gasteiger partial charge in [0.1, 0.15) is 10.0 Å². The first kappa shape index (κ1) is 17.8. The molecule has 23 heavy (non-hydrogen) atoms. The molecule has 124 valence electrons. The summed E-state index contributed by atoms with van der Waals surface area (Å²) < 4.78 is 0. The average Bonchev–Trinajstić information content (AvgIpc) is 3.16. The summed E-state index contributed by atoms with van der Waals surface area (Å²) in [4.78, 5) is 12.0. The van der Waals surface area contributed by atoms with Gasteiger partial charge in [0.05, 0.1) is 6.54 Å². The van der Waals surface area contributed by atoms with Crippen molar-refractivity contribution in [3.8, 4) is 10.6 Å². The van der Waals surface area contributed by atoms with Gasteiger partial charge >= 0.3 is 0 Å². The molecule has 1 aliphatic rings. The van der Waals surface area contributed by atoms with Gasteiger partial charge in [-0.1, -0.05) is 48.1 Å². The van der Waals surface area contributed by atoms with E-state index in [4.69, 9.17) is 5.73 Å². The van der Waals surface area contributed by atoms with Gasteiger partial charge in [-0.05, 0) is 18.8 Å². The Hall–Kier alpha value is -1.50. The number of nitrogens with one attached hydrogen (secondary N) is 1. The fourth-order valence-electron chi connectivity index (χ4n) is 2.83. The van der Waals surface area contributed by atoms with Crippen LogP contribution in [0.15, 0.2) is 30.3 Å². The van der Waals surface area contributed by atoms with E-state index in [-0.39, 0.29) is 24.4 Å². The monoisotopic (exact) mass is 352 g/mol. The number of carbonyl (C=O) groups excluding carboxylic acids is 1. The van der Waals surface area contributed by atoms with Crippen molar-refractivity contribution in [1.82, 2.24) is 15.5 Å². The molecule has 2 aromatic rings. The average molecular weight is 353 g/mol. The minimum absolute atomic E-state index is 0. The number of carbonyl (C=O) groups is 1. The van der Waals surface area contributed by atoms with Gasteiger partial charge in [0, 0.05) is 18.0 Å². The van der Waals surface area contributed by atoms with Crippen LogP contribution >= 0.6 is 23.7 Å². The second-order valence-corrected chi connectivity index (χ2v) is 6.76. The van der Waals surface area contributed by atoms with Gasteiger partial charge < -0.3 is 11.1 Å². The van der Waals surface area contributed by atoms with Crippen molar-refractivity contribution < 1.29 is 4.79 Å². The Balaban J connectivity index is 0.00000192. The summed E-state index contributed by atoms with van der Waals surface area (Å²) in [5.41, 5.74) is 7.05. The maximum Gasteiger partial charge on any atom is 0.220 e. The van der Waals surface area contributed by atoms with Gasteiger partial charge in [-0.25, -0.2) is 0 Å². The molecule has 5 nitrogen and oxygen atoms in total. The molecule has 1 saturated carbocycles. The summed E-state index contributed by atoms with van der Waals surface area (Å²) in [7, 11) is 0. The number of rotatable bonds is 5. The summed E-state index contributed by atoms with van der Waals surface area (Å²) in [5, 5.41) is 12.9. The van der Waals surface area contributed by atoms with E-state index in [1.165, 1.54) is 11.3 Å². The molecule has 1 aliphatic carbocycles. The largest absolute Gasteiger partial charge is 0.350 e. The van der Waals surface area contributed by atoms with Crippen LogP contribution in [0.4, 0.5) is 0 Å². The molecule has 2 atom stereocenters. The molecule has 1 heterocycles. The van der Waals surface area contributed by atoms with Crippen LogP contribution in [-0.4, -0.2) is 22.1 Å². The van der Waals surface area contributed by atoms with Gasteiger partial charge in [0.25, 0.3) is 0 Å². The van der Waals surface area contributed by atoms with Crippen LogP contribution in [-0.2, 0) is 11.3 Å². The summed E-state index contributed by atoms with van der Waals surface area (Å²) in [6, 6.07) is 10.1. The second-order valence-electron chi connectivity index (χ2n) is 5.70. The van der Waals surface area contributed by atoms with Crippen molar-refractivity contribution in [2.45, 2.75) is 38.3 Å². The quantitative estimate of drug-likeness (QED) is 0.867. The highest BCUT2D eigenvalue weighted by atomic mass is 35.5. The van der Waals surface area contributed by atoms with Gasteiger partial charge in [-0.3, -0.25) is 4.79 Å². The van der Waals surface area contributed by atoms with E-state index in [1.807, 2.05) is 30.3 Å². The molecular weight excluding hydrogens is 332 g/mol. The van der Waals surface area contributed by atoms with Gasteiger partial charge in [0.15, 0.2) is 0 Å². The molecule has 3 rings (SSSR count). The van der Waals surface area contributed by atoms with E-state index in [0.717, 1.165) is 34.8 Å². The lowest BCUT2D eigenvalue weighted by Crippen LogP contribution is -2.31. The summed E-state index contributed by atoms with van der Waals surface area (Å²) in [6.45, 7) is 0.436. The molecule has 1 amide bonds. The molecular formula is C16H21ClN4OS. The lowest BCUT2D eigenvalue weighted by molar-refractivity contribution is -0.122. The first-order valence-corrected chi connectivity index (χ1v) is 8.44. The number of hydrogen-bond acceptors (Lipinski definition) is 5. The zero-order valence-corrected chi connectivity index (χ0v) is 14.4. The van der Waals surface area contributed by atoms with Crippen LogP contribution in [0, 0.1) is 5.92 Å². The molecule has 1 aromatic heterocycles. The number of nitrogens with two attached hydrogens (primary N) is 1. The molecule has 1 aromatic carbocycles. The van der Waals surface area contributed by atoms with Crippen molar-refractivity contribution in [1.29, 1.82) is 0 Å². The normalized spacial score (nSPS) is 20.0. The Kier molecular flexibility index (Phi) is 6.50. The predicted octanol–water partition coefficient (Wildman–Crippen LogP) is 2.76. The molecule has 0 bridgehead atoms. The minimum Gasteiger partial charge on any atom is -0.350 e. The highest BCUT2D eigenvalue weighted by molar-refractivity contribution is 7.14. The van der Waals surface area contributed by atoms with E-state index in [1.54, 1.807) is 0 Å². The third kappa shape index (κ3) is 4.73. The number of halogens is 1. The van der Waals surface area contributed by atoms with Crippen LogP contribution in [0.5, 0.6) is 0 Å². The predicted molar refractivity (Wildman–Crippen MR) is 94.4 cm³/mol. The van der Waals surface area contributed by atoms with E-state index < -0.39 is 0 Å². The Morgan fingerprint density at radius 1 is 1.26 bits per heavy atom. The topological polar surface area (TPSA) is 80.9 Å². The van der Waals surface area contributed by atoms with E-state index in [9.17, 15) is 4.79 Å². The van der Waals surface area contributed by atoms with Crippen molar-refractivity contribution in [2.75, 3.05) is 0 Å². The fourth-order valence-corrected chi connectivity index (χ4v) is 3.61. The summed E-state index contributed by atoms with van der Waals surface area (Å²) >= 11 is 1.51. The molecule has 0 unspecified atom stereocenters. The second kappa shape index (κ2) is 8.38. The molecule has 0 aliphatic heterocycles. The molecule has 1 fully saturated rings. The van der Waals surface area contributed by atoms with E-state index in [2.05, 4.69) is 15.5 Å². The number of nitrogens with zero attached hydrogens (tertiary/aromatic N) is 2. The van der Waals surface area contributed by atoms with Crippen LogP contribution in [0.2, 0.25) is 0 Å². The number of hydrogen-bond donors (Lipinski definition) is 2. The number of amides is 1. The lowest BCUT2D eigenvalue weighted by Gasteiger charge is -2.14. The highest BCUT2D eigenvalue weighted by Crippen LogP contribution is 2.27. The Bertz CT molecular complexity index is 634. The Labute approximate surface area is 146 Å². The third-order valence-electron chi connectivity index (χ3n) is 4.09. The summed E-state index contributed by atoms with van der Waals surface area (Å²) in [5.74, 6) is 0.383. The van der Waals surface area contributed by atoms with Crippen LogP contribution in [0.25, 0.3) is 10.6 Å². The third-order valence-corrected chi connectivity index (χ3v) is 5.06. The molecule has 0 saturated heterocycles. The molecule has 7 heteroatoms. The maximum atomic E-state index is 12.0. The van der Waals surface area contributed by atoms with Gasteiger partial charge in [-0.2, -0.15) is 0 Å². The van der Waals surface area contributed by atoms with Crippen LogP contribution in [0.1, 0.15) is 30.7 Å².